The summed E-state index contributed by atoms with van der Waals surface area (Å²) < 4.78 is 17.3. The fraction of sp³-hybridized carbons (Fsp3) is 0.312. The molecule has 0 bridgehead atoms. The lowest BCUT2D eigenvalue weighted by Gasteiger charge is -2.19. The Morgan fingerprint density at radius 2 is 1.66 bits per heavy atom. The van der Waals surface area contributed by atoms with E-state index in [0.29, 0.717) is 18.9 Å². The number of unbranched alkanes of at least 4 members (excludes halogenated alkanes) is 2. The molecule has 198 valence electrons. The summed E-state index contributed by atoms with van der Waals surface area (Å²) in [4.78, 5) is 17.2. The maximum absolute atomic E-state index is 12.5. The van der Waals surface area contributed by atoms with E-state index < -0.39 is 6.09 Å². The molecule has 0 radical (unpaired) electrons. The summed E-state index contributed by atoms with van der Waals surface area (Å²) in [6.45, 7) is 4.84. The van der Waals surface area contributed by atoms with Gasteiger partial charge in [-0.15, -0.1) is 0 Å². The second-order valence-corrected chi connectivity index (χ2v) is 9.31. The van der Waals surface area contributed by atoms with Crippen LogP contribution in [-0.2, 0) is 17.8 Å². The molecular weight excluding hydrogens is 476 g/mol. The van der Waals surface area contributed by atoms with Crippen molar-refractivity contribution < 1.29 is 18.7 Å². The molecule has 1 unspecified atom stereocenters. The predicted molar refractivity (Wildman–Crippen MR) is 149 cm³/mol. The standard InChI is InChI=1S/C32H36N2O4/c1-3-4-7-16-30(34-32(35)37-23-25-12-8-5-9-13-25)26-17-19-28(20-18-26)36-22-21-29-24(2)38-31(33-29)27-14-10-6-11-15-27/h5-6,8-15,17-20,30H,3-4,7,16,21-23H2,1-2H3,(H,34,35). The van der Waals surface area contributed by atoms with Crippen LogP contribution in [0.4, 0.5) is 4.79 Å². The van der Waals surface area contributed by atoms with Gasteiger partial charge in [0.15, 0.2) is 0 Å². The molecule has 4 aromatic rings. The van der Waals surface area contributed by atoms with Crippen molar-refractivity contribution in [3.8, 4) is 17.2 Å². The molecule has 1 aromatic heterocycles. The first kappa shape index (κ1) is 27.0. The minimum atomic E-state index is -0.409. The molecule has 6 heteroatoms. The van der Waals surface area contributed by atoms with Crippen LogP contribution in [-0.4, -0.2) is 17.7 Å². The molecule has 0 saturated heterocycles. The van der Waals surface area contributed by atoms with E-state index in [9.17, 15) is 4.79 Å². The highest BCUT2D eigenvalue weighted by Gasteiger charge is 2.16. The van der Waals surface area contributed by atoms with Gasteiger partial charge in [-0.05, 0) is 48.7 Å². The van der Waals surface area contributed by atoms with Crippen LogP contribution in [0.3, 0.4) is 0 Å². The van der Waals surface area contributed by atoms with Crippen molar-refractivity contribution in [1.82, 2.24) is 10.3 Å². The van der Waals surface area contributed by atoms with Crippen molar-refractivity contribution in [3.05, 3.63) is 108 Å². The van der Waals surface area contributed by atoms with E-state index in [4.69, 9.17) is 13.9 Å². The Bertz CT molecular complexity index is 1250. The maximum Gasteiger partial charge on any atom is 0.407 e. The summed E-state index contributed by atoms with van der Waals surface area (Å²) >= 11 is 0. The van der Waals surface area contributed by atoms with Crippen molar-refractivity contribution in [2.45, 2.75) is 58.6 Å². The van der Waals surface area contributed by atoms with Gasteiger partial charge >= 0.3 is 6.09 Å². The van der Waals surface area contributed by atoms with Crippen LogP contribution in [0.25, 0.3) is 11.5 Å². The maximum atomic E-state index is 12.5. The number of ether oxygens (including phenoxy) is 2. The first-order chi connectivity index (χ1) is 18.6. The number of oxazole rings is 1. The fourth-order valence-electron chi connectivity index (χ4n) is 4.25. The number of carbonyl (C=O) groups excluding carboxylic acids is 1. The summed E-state index contributed by atoms with van der Waals surface area (Å²) in [6, 6.07) is 27.4. The average molecular weight is 513 g/mol. The van der Waals surface area contributed by atoms with Gasteiger partial charge in [-0.3, -0.25) is 0 Å². The number of alkyl carbamates (subject to hydrolysis) is 1. The molecule has 3 aromatic carbocycles. The number of benzene rings is 3. The largest absolute Gasteiger partial charge is 0.493 e. The molecule has 1 atom stereocenters. The molecule has 38 heavy (non-hydrogen) atoms. The molecule has 0 saturated carbocycles. The number of rotatable bonds is 13. The second-order valence-electron chi connectivity index (χ2n) is 9.31. The van der Waals surface area contributed by atoms with Crippen molar-refractivity contribution in [2.24, 2.45) is 0 Å². The zero-order chi connectivity index (χ0) is 26.6. The third-order valence-corrected chi connectivity index (χ3v) is 6.40. The average Bonchev–Trinajstić information content (AvgIpc) is 3.33. The van der Waals surface area contributed by atoms with E-state index in [2.05, 4.69) is 17.2 Å². The van der Waals surface area contributed by atoms with E-state index in [1.807, 2.05) is 91.9 Å². The molecule has 1 N–H and O–H groups in total. The Hall–Kier alpha value is -4.06. The predicted octanol–water partition coefficient (Wildman–Crippen LogP) is 7.82. The quantitative estimate of drug-likeness (QED) is 0.185. The number of amides is 1. The van der Waals surface area contributed by atoms with Gasteiger partial charge in [0.2, 0.25) is 5.89 Å². The van der Waals surface area contributed by atoms with Crippen LogP contribution in [0.5, 0.6) is 5.75 Å². The number of nitrogens with one attached hydrogen (secondary N) is 1. The Morgan fingerprint density at radius 1 is 0.947 bits per heavy atom. The number of carbonyl (C=O) groups is 1. The summed E-state index contributed by atoms with van der Waals surface area (Å²) in [5, 5.41) is 3.05. The summed E-state index contributed by atoms with van der Waals surface area (Å²) in [6.07, 6.45) is 4.36. The summed E-state index contributed by atoms with van der Waals surface area (Å²) in [7, 11) is 0. The van der Waals surface area contributed by atoms with E-state index in [-0.39, 0.29) is 12.6 Å². The second kappa shape index (κ2) is 14.0. The normalized spacial score (nSPS) is 11.6. The Morgan fingerprint density at radius 3 is 2.37 bits per heavy atom. The SMILES string of the molecule is CCCCCC(NC(=O)OCc1ccccc1)c1ccc(OCCc2nc(-c3ccccc3)oc2C)cc1. The van der Waals surface area contributed by atoms with Crippen LogP contribution >= 0.6 is 0 Å². The van der Waals surface area contributed by atoms with Gasteiger partial charge in [0.25, 0.3) is 0 Å². The molecule has 0 aliphatic heterocycles. The zero-order valence-electron chi connectivity index (χ0n) is 22.2. The van der Waals surface area contributed by atoms with Crippen molar-refractivity contribution in [3.63, 3.8) is 0 Å². The molecule has 0 aliphatic carbocycles. The smallest absolute Gasteiger partial charge is 0.407 e. The number of hydrogen-bond acceptors (Lipinski definition) is 5. The monoisotopic (exact) mass is 512 g/mol. The lowest BCUT2D eigenvalue weighted by atomic mass is 10.0. The number of nitrogens with zero attached hydrogens (tertiary/aromatic N) is 1. The van der Waals surface area contributed by atoms with Crippen LogP contribution in [0.15, 0.2) is 89.3 Å². The van der Waals surface area contributed by atoms with Crippen molar-refractivity contribution >= 4 is 6.09 Å². The Balaban J connectivity index is 1.30. The lowest BCUT2D eigenvalue weighted by molar-refractivity contribution is 0.135. The zero-order valence-corrected chi connectivity index (χ0v) is 22.2. The molecule has 1 heterocycles. The first-order valence-corrected chi connectivity index (χ1v) is 13.3. The highest BCUT2D eigenvalue weighted by molar-refractivity contribution is 5.68. The molecule has 1 amide bonds. The molecule has 4 rings (SSSR count). The van der Waals surface area contributed by atoms with Crippen LogP contribution in [0.1, 0.15) is 61.2 Å². The molecule has 0 aliphatic rings. The van der Waals surface area contributed by atoms with Crippen molar-refractivity contribution in [1.29, 1.82) is 0 Å². The summed E-state index contributed by atoms with van der Waals surface area (Å²) in [5.74, 6) is 2.21. The van der Waals surface area contributed by atoms with Gasteiger partial charge in [0, 0.05) is 12.0 Å². The van der Waals surface area contributed by atoms with Gasteiger partial charge in [-0.25, -0.2) is 9.78 Å². The van der Waals surface area contributed by atoms with Gasteiger partial charge in [0.1, 0.15) is 18.1 Å². The minimum absolute atomic E-state index is 0.118. The molecule has 0 fully saturated rings. The van der Waals surface area contributed by atoms with Gasteiger partial charge < -0.3 is 19.2 Å². The Labute approximate surface area is 225 Å². The molecular formula is C32H36N2O4. The molecule has 6 nitrogen and oxygen atoms in total. The van der Waals surface area contributed by atoms with Crippen LogP contribution in [0, 0.1) is 6.92 Å². The van der Waals surface area contributed by atoms with E-state index >= 15 is 0 Å². The third-order valence-electron chi connectivity index (χ3n) is 6.40. The van der Waals surface area contributed by atoms with Gasteiger partial charge in [-0.1, -0.05) is 86.8 Å². The van der Waals surface area contributed by atoms with E-state index in [1.54, 1.807) is 0 Å². The fourth-order valence-corrected chi connectivity index (χ4v) is 4.25. The number of hydrogen-bond donors (Lipinski definition) is 1. The number of aromatic nitrogens is 1. The van der Waals surface area contributed by atoms with Crippen molar-refractivity contribution in [2.75, 3.05) is 6.61 Å². The lowest BCUT2D eigenvalue weighted by Crippen LogP contribution is -2.29. The number of aryl methyl sites for hydroxylation is 1. The third kappa shape index (κ3) is 7.97. The Kier molecular flexibility index (Phi) is 9.96. The minimum Gasteiger partial charge on any atom is -0.493 e. The van der Waals surface area contributed by atoms with E-state index in [0.717, 1.165) is 59.6 Å². The molecule has 0 spiro atoms. The first-order valence-electron chi connectivity index (χ1n) is 13.3. The van der Waals surface area contributed by atoms with Crippen LogP contribution in [0.2, 0.25) is 0 Å². The highest BCUT2D eigenvalue weighted by Crippen LogP contribution is 2.24. The summed E-state index contributed by atoms with van der Waals surface area (Å²) in [5.41, 5.74) is 3.85. The highest BCUT2D eigenvalue weighted by atomic mass is 16.5. The van der Waals surface area contributed by atoms with Crippen LogP contribution < -0.4 is 10.1 Å². The topological polar surface area (TPSA) is 73.6 Å². The van der Waals surface area contributed by atoms with Gasteiger partial charge in [0.05, 0.1) is 18.3 Å². The van der Waals surface area contributed by atoms with E-state index in [1.165, 1.54) is 0 Å². The van der Waals surface area contributed by atoms with Gasteiger partial charge in [-0.2, -0.15) is 0 Å².